The van der Waals surface area contributed by atoms with E-state index in [1.165, 1.54) is 12.1 Å². The van der Waals surface area contributed by atoms with E-state index < -0.39 is 23.2 Å². The van der Waals surface area contributed by atoms with Crippen molar-refractivity contribution in [1.29, 1.82) is 0 Å². The Kier molecular flexibility index (Phi) is 6.48. The summed E-state index contributed by atoms with van der Waals surface area (Å²) < 4.78 is 38.7. The van der Waals surface area contributed by atoms with E-state index in [0.29, 0.717) is 12.1 Å². The van der Waals surface area contributed by atoms with E-state index in [-0.39, 0.29) is 18.3 Å². The molecule has 0 bridgehead atoms. The lowest BCUT2D eigenvalue weighted by Gasteiger charge is -2.31. The van der Waals surface area contributed by atoms with Crippen LogP contribution >= 0.6 is 12.4 Å². The first-order chi connectivity index (χ1) is 10.2. The van der Waals surface area contributed by atoms with Crippen LogP contribution in [0.5, 0.6) is 0 Å². The third-order valence-electron chi connectivity index (χ3n) is 4.38. The maximum Gasteiger partial charge on any atom is 0.416 e. The minimum Gasteiger partial charge on any atom is -0.354 e. The first kappa shape index (κ1) is 19.8. The Morgan fingerprint density at radius 1 is 1.35 bits per heavy atom. The van der Waals surface area contributed by atoms with Gasteiger partial charge in [-0.05, 0) is 31.4 Å². The number of amides is 1. The lowest BCUT2D eigenvalue weighted by atomic mass is 9.78. The summed E-state index contributed by atoms with van der Waals surface area (Å²) in [6, 6.07) is 4.82. The van der Waals surface area contributed by atoms with Gasteiger partial charge in [0.2, 0.25) is 5.91 Å². The van der Waals surface area contributed by atoms with E-state index >= 15 is 0 Å². The molecule has 1 saturated carbocycles. The van der Waals surface area contributed by atoms with Gasteiger partial charge >= 0.3 is 6.18 Å². The maximum absolute atomic E-state index is 12.9. The Bertz CT molecular complexity index is 540. The maximum atomic E-state index is 12.9. The number of hydrogen-bond acceptors (Lipinski definition) is 2. The lowest BCUT2D eigenvalue weighted by molar-refractivity contribution is -0.137. The summed E-state index contributed by atoms with van der Waals surface area (Å²) in [5, 5.41) is 2.78. The predicted octanol–water partition coefficient (Wildman–Crippen LogP) is 3.40. The van der Waals surface area contributed by atoms with Gasteiger partial charge in [-0.2, -0.15) is 13.2 Å². The number of benzene rings is 1. The van der Waals surface area contributed by atoms with Gasteiger partial charge in [-0.25, -0.2) is 0 Å². The Morgan fingerprint density at radius 3 is 2.48 bits per heavy atom. The van der Waals surface area contributed by atoms with Crippen LogP contribution < -0.4 is 11.1 Å². The molecule has 0 aromatic heterocycles. The van der Waals surface area contributed by atoms with Crippen molar-refractivity contribution in [1.82, 2.24) is 5.32 Å². The van der Waals surface area contributed by atoms with Crippen molar-refractivity contribution in [2.45, 2.75) is 50.2 Å². The second kappa shape index (κ2) is 7.53. The van der Waals surface area contributed by atoms with Crippen LogP contribution in [0.2, 0.25) is 0 Å². The van der Waals surface area contributed by atoms with E-state index in [1.807, 2.05) is 0 Å². The minimum atomic E-state index is -4.36. The third-order valence-corrected chi connectivity index (χ3v) is 4.38. The zero-order valence-electron chi connectivity index (χ0n) is 13.0. The molecule has 0 heterocycles. The fraction of sp³-hybridized carbons (Fsp3) is 0.562. The van der Waals surface area contributed by atoms with Gasteiger partial charge in [0.25, 0.3) is 0 Å². The molecule has 3 N–H and O–H groups in total. The fourth-order valence-electron chi connectivity index (χ4n) is 3.06. The van der Waals surface area contributed by atoms with Crippen LogP contribution in [-0.4, -0.2) is 18.5 Å². The highest BCUT2D eigenvalue weighted by Gasteiger charge is 2.38. The molecule has 0 spiro atoms. The van der Waals surface area contributed by atoms with Gasteiger partial charge in [0.05, 0.1) is 11.6 Å². The molecule has 1 aliphatic rings. The number of rotatable bonds is 4. The number of nitrogens with one attached hydrogen (secondary N) is 1. The molecular formula is C16H22ClF3N2O. The lowest BCUT2D eigenvalue weighted by Crippen LogP contribution is -2.45. The number of hydrogen-bond donors (Lipinski definition) is 2. The van der Waals surface area contributed by atoms with Crippen LogP contribution in [0.25, 0.3) is 0 Å². The summed E-state index contributed by atoms with van der Waals surface area (Å²) in [7, 11) is 0. The van der Waals surface area contributed by atoms with E-state index in [9.17, 15) is 18.0 Å². The first-order valence-electron chi connectivity index (χ1n) is 7.46. The fourth-order valence-corrected chi connectivity index (χ4v) is 3.06. The first-order valence-corrected chi connectivity index (χ1v) is 7.46. The molecule has 2 rings (SSSR count). The molecule has 7 heteroatoms. The average molecular weight is 351 g/mol. The zero-order chi connectivity index (χ0) is 16.4. The standard InChI is InChI=1S/C16H21F3N2O.ClH/c1-11(20)14(22)21-10-15(7-2-3-8-15)12-5-4-6-13(9-12)16(17,18)19;/h4-6,9,11H,2-3,7-8,10,20H2,1H3,(H,21,22);1H/t11-;/m0./s1. The summed E-state index contributed by atoms with van der Waals surface area (Å²) in [4.78, 5) is 11.7. The summed E-state index contributed by atoms with van der Waals surface area (Å²) >= 11 is 0. The molecule has 1 aliphatic carbocycles. The quantitative estimate of drug-likeness (QED) is 0.874. The average Bonchev–Trinajstić information content (AvgIpc) is 2.94. The van der Waals surface area contributed by atoms with Crippen molar-refractivity contribution < 1.29 is 18.0 Å². The molecule has 1 amide bonds. The molecule has 130 valence electrons. The molecule has 3 nitrogen and oxygen atoms in total. The van der Waals surface area contributed by atoms with Crippen molar-refractivity contribution in [2.24, 2.45) is 5.73 Å². The molecule has 23 heavy (non-hydrogen) atoms. The highest BCUT2D eigenvalue weighted by atomic mass is 35.5. The molecule has 1 fully saturated rings. The molecule has 1 atom stereocenters. The highest BCUT2D eigenvalue weighted by molar-refractivity contribution is 5.85. The van der Waals surface area contributed by atoms with Gasteiger partial charge in [-0.1, -0.05) is 31.0 Å². The summed E-state index contributed by atoms with van der Waals surface area (Å²) in [6.07, 6.45) is -0.916. The zero-order valence-corrected chi connectivity index (χ0v) is 13.8. The molecule has 1 aromatic carbocycles. The van der Waals surface area contributed by atoms with Crippen molar-refractivity contribution in [2.75, 3.05) is 6.54 Å². The van der Waals surface area contributed by atoms with Gasteiger partial charge in [-0.3, -0.25) is 4.79 Å². The van der Waals surface area contributed by atoms with Crippen LogP contribution in [0, 0.1) is 0 Å². The van der Waals surface area contributed by atoms with Gasteiger partial charge < -0.3 is 11.1 Å². The van der Waals surface area contributed by atoms with Crippen LogP contribution in [-0.2, 0) is 16.4 Å². The Morgan fingerprint density at radius 2 is 1.96 bits per heavy atom. The van der Waals surface area contributed by atoms with Gasteiger partial charge in [-0.15, -0.1) is 12.4 Å². The number of carbonyl (C=O) groups excluding carboxylic acids is 1. The van der Waals surface area contributed by atoms with E-state index in [1.54, 1.807) is 13.0 Å². The minimum absolute atomic E-state index is 0. The van der Waals surface area contributed by atoms with Crippen molar-refractivity contribution in [3.63, 3.8) is 0 Å². The van der Waals surface area contributed by atoms with E-state index in [2.05, 4.69) is 5.32 Å². The Balaban J connectivity index is 0.00000264. The monoisotopic (exact) mass is 350 g/mol. The second-order valence-electron chi connectivity index (χ2n) is 6.07. The SMILES string of the molecule is C[C@H](N)C(=O)NCC1(c2cccc(C(F)(F)F)c2)CCCC1.Cl. The van der Waals surface area contributed by atoms with Crippen molar-refractivity contribution in [3.8, 4) is 0 Å². The second-order valence-corrected chi connectivity index (χ2v) is 6.07. The topological polar surface area (TPSA) is 55.1 Å². The predicted molar refractivity (Wildman–Crippen MR) is 85.5 cm³/mol. The largest absolute Gasteiger partial charge is 0.416 e. The normalized spacial score (nSPS) is 18.1. The Hall–Kier alpha value is -1.27. The number of halogens is 4. The van der Waals surface area contributed by atoms with Gasteiger partial charge in [0.1, 0.15) is 0 Å². The third kappa shape index (κ3) is 4.61. The Labute approximate surface area is 140 Å². The molecule has 0 saturated heterocycles. The van der Waals surface area contributed by atoms with Crippen LogP contribution in [0.15, 0.2) is 24.3 Å². The number of alkyl halides is 3. The van der Waals surface area contributed by atoms with Crippen LogP contribution in [0.4, 0.5) is 13.2 Å². The van der Waals surface area contributed by atoms with Crippen LogP contribution in [0.3, 0.4) is 0 Å². The van der Waals surface area contributed by atoms with E-state index in [0.717, 1.165) is 31.7 Å². The van der Waals surface area contributed by atoms with Crippen LogP contribution in [0.1, 0.15) is 43.7 Å². The number of carbonyl (C=O) groups is 1. The van der Waals surface area contributed by atoms with Crippen molar-refractivity contribution in [3.05, 3.63) is 35.4 Å². The van der Waals surface area contributed by atoms with E-state index in [4.69, 9.17) is 5.73 Å². The number of nitrogens with two attached hydrogens (primary N) is 1. The molecular weight excluding hydrogens is 329 g/mol. The summed E-state index contributed by atoms with van der Waals surface area (Å²) in [5.41, 5.74) is 5.10. The molecule has 0 unspecified atom stereocenters. The summed E-state index contributed by atoms with van der Waals surface area (Å²) in [5.74, 6) is -0.279. The molecule has 0 aliphatic heterocycles. The van der Waals surface area contributed by atoms with Crippen molar-refractivity contribution >= 4 is 18.3 Å². The molecule has 1 aromatic rings. The smallest absolute Gasteiger partial charge is 0.354 e. The highest BCUT2D eigenvalue weighted by Crippen LogP contribution is 2.42. The van der Waals surface area contributed by atoms with Gasteiger partial charge in [0.15, 0.2) is 0 Å². The van der Waals surface area contributed by atoms with Gasteiger partial charge in [0, 0.05) is 12.0 Å². The summed E-state index contributed by atoms with van der Waals surface area (Å²) in [6.45, 7) is 1.91. The molecule has 0 radical (unpaired) electrons.